The SMILES string of the molecule is CC(=O)C1CC2CNCC2C1. The van der Waals surface area contributed by atoms with Gasteiger partial charge in [0, 0.05) is 5.92 Å². The Morgan fingerprint density at radius 3 is 2.27 bits per heavy atom. The van der Waals surface area contributed by atoms with Gasteiger partial charge in [0.05, 0.1) is 0 Å². The number of nitrogens with one attached hydrogen (secondary N) is 1. The van der Waals surface area contributed by atoms with Crippen molar-refractivity contribution in [3.8, 4) is 0 Å². The van der Waals surface area contributed by atoms with E-state index in [1.807, 2.05) is 0 Å². The lowest BCUT2D eigenvalue weighted by Crippen LogP contribution is -2.15. The molecule has 0 aromatic carbocycles. The first-order valence-corrected chi connectivity index (χ1v) is 4.48. The fourth-order valence-corrected chi connectivity index (χ4v) is 2.50. The van der Waals surface area contributed by atoms with Crippen molar-refractivity contribution in [2.75, 3.05) is 13.1 Å². The first-order chi connectivity index (χ1) is 5.27. The van der Waals surface area contributed by atoms with Crippen LogP contribution in [0.15, 0.2) is 0 Å². The number of carbonyl (C=O) groups excluding carboxylic acids is 1. The molecule has 2 heteroatoms. The predicted molar refractivity (Wildman–Crippen MR) is 43.3 cm³/mol. The fourth-order valence-electron chi connectivity index (χ4n) is 2.50. The first kappa shape index (κ1) is 7.29. The molecule has 2 aliphatic rings. The highest BCUT2D eigenvalue weighted by atomic mass is 16.1. The molecule has 11 heavy (non-hydrogen) atoms. The quantitative estimate of drug-likeness (QED) is 0.604. The van der Waals surface area contributed by atoms with E-state index in [1.54, 1.807) is 6.92 Å². The smallest absolute Gasteiger partial charge is 0.132 e. The average Bonchev–Trinajstić information content (AvgIpc) is 2.40. The van der Waals surface area contributed by atoms with E-state index in [2.05, 4.69) is 5.32 Å². The number of hydrogen-bond acceptors (Lipinski definition) is 2. The van der Waals surface area contributed by atoms with Crippen LogP contribution < -0.4 is 5.32 Å². The largest absolute Gasteiger partial charge is 0.316 e. The van der Waals surface area contributed by atoms with Gasteiger partial charge in [0.2, 0.25) is 0 Å². The fraction of sp³-hybridized carbons (Fsp3) is 0.889. The van der Waals surface area contributed by atoms with Crippen molar-refractivity contribution in [2.24, 2.45) is 17.8 Å². The second-order valence-electron chi connectivity index (χ2n) is 3.96. The molecular weight excluding hydrogens is 138 g/mol. The Labute approximate surface area is 67.4 Å². The van der Waals surface area contributed by atoms with Crippen LogP contribution in [0.4, 0.5) is 0 Å². The van der Waals surface area contributed by atoms with Gasteiger partial charge in [-0.1, -0.05) is 0 Å². The van der Waals surface area contributed by atoms with Gasteiger partial charge >= 0.3 is 0 Å². The van der Waals surface area contributed by atoms with Crippen molar-refractivity contribution >= 4 is 5.78 Å². The maximum Gasteiger partial charge on any atom is 0.132 e. The zero-order valence-electron chi connectivity index (χ0n) is 6.97. The highest BCUT2D eigenvalue weighted by Gasteiger charge is 2.38. The first-order valence-electron chi connectivity index (χ1n) is 4.48. The second-order valence-corrected chi connectivity index (χ2v) is 3.96. The third-order valence-electron chi connectivity index (χ3n) is 3.23. The Hall–Kier alpha value is -0.370. The lowest BCUT2D eigenvalue weighted by Gasteiger charge is -2.05. The van der Waals surface area contributed by atoms with Gasteiger partial charge in [-0.3, -0.25) is 4.79 Å². The van der Waals surface area contributed by atoms with Gasteiger partial charge in [0.15, 0.2) is 0 Å². The lowest BCUT2D eigenvalue weighted by molar-refractivity contribution is -0.120. The van der Waals surface area contributed by atoms with Gasteiger partial charge < -0.3 is 5.32 Å². The Bertz CT molecular complexity index is 166. The van der Waals surface area contributed by atoms with Crippen LogP contribution in [-0.4, -0.2) is 18.9 Å². The lowest BCUT2D eigenvalue weighted by atomic mass is 10.0. The number of hydrogen-bond donors (Lipinski definition) is 1. The molecule has 62 valence electrons. The molecule has 1 saturated heterocycles. The average molecular weight is 153 g/mol. The molecule has 0 aromatic heterocycles. The Kier molecular flexibility index (Phi) is 1.72. The summed E-state index contributed by atoms with van der Waals surface area (Å²) in [5, 5.41) is 3.37. The zero-order chi connectivity index (χ0) is 7.84. The molecular formula is C9H15NO. The standard InChI is InChI=1S/C9H15NO/c1-6(11)7-2-8-4-10-5-9(8)3-7/h7-10H,2-5H2,1H3. The number of carbonyl (C=O) groups is 1. The molecule has 0 spiro atoms. The zero-order valence-corrected chi connectivity index (χ0v) is 6.97. The topological polar surface area (TPSA) is 29.1 Å². The summed E-state index contributed by atoms with van der Waals surface area (Å²) < 4.78 is 0. The van der Waals surface area contributed by atoms with Crippen LogP contribution in [0.1, 0.15) is 19.8 Å². The van der Waals surface area contributed by atoms with E-state index in [0.717, 1.165) is 37.8 Å². The molecule has 1 aliphatic heterocycles. The summed E-state index contributed by atoms with van der Waals surface area (Å²) in [5.41, 5.74) is 0. The van der Waals surface area contributed by atoms with Gasteiger partial charge in [0.1, 0.15) is 5.78 Å². The Morgan fingerprint density at radius 2 is 1.82 bits per heavy atom. The molecule has 2 rings (SSSR count). The molecule has 1 saturated carbocycles. The van der Waals surface area contributed by atoms with E-state index in [1.165, 1.54) is 0 Å². The van der Waals surface area contributed by atoms with Crippen molar-refractivity contribution < 1.29 is 4.79 Å². The molecule has 2 atom stereocenters. The minimum Gasteiger partial charge on any atom is -0.316 e. The molecule has 2 nitrogen and oxygen atoms in total. The van der Waals surface area contributed by atoms with Gasteiger partial charge in [0.25, 0.3) is 0 Å². The van der Waals surface area contributed by atoms with E-state index < -0.39 is 0 Å². The van der Waals surface area contributed by atoms with Crippen molar-refractivity contribution in [1.82, 2.24) is 5.32 Å². The third kappa shape index (κ3) is 1.20. The highest BCUT2D eigenvalue weighted by molar-refractivity contribution is 5.78. The van der Waals surface area contributed by atoms with Crippen LogP contribution in [0, 0.1) is 17.8 Å². The molecule has 1 N–H and O–H groups in total. The van der Waals surface area contributed by atoms with E-state index in [4.69, 9.17) is 0 Å². The van der Waals surface area contributed by atoms with Gasteiger partial charge in [-0.15, -0.1) is 0 Å². The van der Waals surface area contributed by atoms with E-state index in [0.29, 0.717) is 11.7 Å². The van der Waals surface area contributed by atoms with E-state index in [9.17, 15) is 4.79 Å². The summed E-state index contributed by atoms with van der Waals surface area (Å²) in [6, 6.07) is 0. The monoisotopic (exact) mass is 153 g/mol. The molecule has 0 radical (unpaired) electrons. The Balaban J connectivity index is 1.99. The Morgan fingerprint density at radius 1 is 1.27 bits per heavy atom. The molecule has 0 amide bonds. The molecule has 1 aliphatic carbocycles. The minimum atomic E-state index is 0.395. The van der Waals surface area contributed by atoms with Crippen LogP contribution in [0.3, 0.4) is 0 Å². The molecule has 0 aromatic rings. The number of Topliss-reactive ketones (excluding diaryl/α,β-unsaturated/α-hetero) is 1. The van der Waals surface area contributed by atoms with Crippen LogP contribution in [-0.2, 0) is 4.79 Å². The van der Waals surface area contributed by atoms with Crippen molar-refractivity contribution in [1.29, 1.82) is 0 Å². The maximum absolute atomic E-state index is 11.1. The third-order valence-corrected chi connectivity index (χ3v) is 3.23. The molecule has 2 unspecified atom stereocenters. The van der Waals surface area contributed by atoms with Crippen LogP contribution >= 0.6 is 0 Å². The molecule has 1 heterocycles. The minimum absolute atomic E-state index is 0.395. The maximum atomic E-state index is 11.1. The molecule has 2 fully saturated rings. The van der Waals surface area contributed by atoms with Gasteiger partial charge in [-0.2, -0.15) is 0 Å². The van der Waals surface area contributed by atoms with Gasteiger partial charge in [-0.25, -0.2) is 0 Å². The summed E-state index contributed by atoms with van der Waals surface area (Å²) in [4.78, 5) is 11.1. The van der Waals surface area contributed by atoms with Crippen molar-refractivity contribution in [3.63, 3.8) is 0 Å². The number of fused-ring (bicyclic) bond motifs is 1. The molecule has 0 bridgehead atoms. The summed E-state index contributed by atoms with van der Waals surface area (Å²) in [6.07, 6.45) is 2.29. The second kappa shape index (κ2) is 2.59. The van der Waals surface area contributed by atoms with Crippen LogP contribution in [0.2, 0.25) is 0 Å². The van der Waals surface area contributed by atoms with Crippen molar-refractivity contribution in [2.45, 2.75) is 19.8 Å². The summed E-state index contributed by atoms with van der Waals surface area (Å²) >= 11 is 0. The van der Waals surface area contributed by atoms with Crippen LogP contribution in [0.5, 0.6) is 0 Å². The highest BCUT2D eigenvalue weighted by Crippen LogP contribution is 2.38. The normalized spacial score (nSPS) is 42.5. The van der Waals surface area contributed by atoms with Crippen molar-refractivity contribution in [3.05, 3.63) is 0 Å². The summed E-state index contributed by atoms with van der Waals surface area (Å²) in [7, 11) is 0. The van der Waals surface area contributed by atoms with Crippen LogP contribution in [0.25, 0.3) is 0 Å². The predicted octanol–water partition coefficient (Wildman–Crippen LogP) is 0.821. The number of rotatable bonds is 1. The number of ketones is 1. The summed E-state index contributed by atoms with van der Waals surface area (Å²) in [6.45, 7) is 4.03. The van der Waals surface area contributed by atoms with E-state index >= 15 is 0 Å². The van der Waals surface area contributed by atoms with Gasteiger partial charge in [-0.05, 0) is 44.7 Å². The summed E-state index contributed by atoms with van der Waals surface area (Å²) in [5.74, 6) is 2.42. The van der Waals surface area contributed by atoms with E-state index in [-0.39, 0.29) is 0 Å².